The lowest BCUT2D eigenvalue weighted by atomic mass is 10.2. The first-order valence-corrected chi connectivity index (χ1v) is 5.26. The van der Waals surface area contributed by atoms with Gasteiger partial charge in [-0.25, -0.2) is 0 Å². The van der Waals surface area contributed by atoms with Gasteiger partial charge in [-0.05, 0) is 28.1 Å². The monoisotopic (exact) mass is 282 g/mol. The van der Waals surface area contributed by atoms with Crippen molar-refractivity contribution in [2.24, 2.45) is 0 Å². The Morgan fingerprint density at radius 2 is 2.12 bits per heavy atom. The maximum absolute atomic E-state index is 11.1. The van der Waals surface area contributed by atoms with Crippen LogP contribution in [-0.4, -0.2) is 15.7 Å². The molecule has 1 N–H and O–H groups in total. The van der Waals surface area contributed by atoms with Crippen molar-refractivity contribution in [2.75, 3.05) is 0 Å². The minimum Gasteiger partial charge on any atom is -0.352 e. The summed E-state index contributed by atoms with van der Waals surface area (Å²) >= 11 is 3.12. The summed E-state index contributed by atoms with van der Waals surface area (Å²) in [4.78, 5) is 24.2. The minimum absolute atomic E-state index is 0.0237. The molecule has 0 bridgehead atoms. The van der Waals surface area contributed by atoms with Crippen LogP contribution in [0.25, 0.3) is 10.9 Å². The Kier molecular flexibility index (Phi) is 2.51. The molecule has 16 heavy (non-hydrogen) atoms. The highest BCUT2D eigenvalue weighted by molar-refractivity contribution is 9.10. The van der Waals surface area contributed by atoms with Crippen LogP contribution < -0.4 is 0 Å². The molecule has 0 spiro atoms. The topological polar surface area (TPSA) is 76.0 Å². The van der Waals surface area contributed by atoms with Crippen molar-refractivity contribution in [1.29, 1.82) is 0 Å². The van der Waals surface area contributed by atoms with Crippen LogP contribution in [0.4, 0.5) is 5.69 Å². The molecule has 0 aliphatic carbocycles. The number of hydrogen-bond donors (Lipinski definition) is 1. The van der Waals surface area contributed by atoms with Gasteiger partial charge in [0.1, 0.15) is 0 Å². The van der Waals surface area contributed by atoms with E-state index in [-0.39, 0.29) is 11.5 Å². The number of benzene rings is 1. The third-order valence-corrected chi connectivity index (χ3v) is 2.90. The molecular formula is C10H7BrN2O3. The van der Waals surface area contributed by atoms with Crippen LogP contribution in [0.1, 0.15) is 17.4 Å². The third kappa shape index (κ3) is 1.71. The standard InChI is InChI=1S/C10H7BrN2O3/c1-5(14)8-3-6-2-7(11)10(13(15)16)4-9(6)12-8/h2-4,12H,1H3. The molecule has 0 unspecified atom stereocenters. The molecule has 0 fully saturated rings. The first kappa shape index (κ1) is 10.8. The van der Waals surface area contributed by atoms with Gasteiger partial charge in [-0.2, -0.15) is 0 Å². The Labute approximate surface area is 98.7 Å². The molecule has 0 radical (unpaired) electrons. The number of rotatable bonds is 2. The molecule has 5 nitrogen and oxygen atoms in total. The average Bonchev–Trinajstić information content (AvgIpc) is 2.58. The molecule has 0 amide bonds. The molecule has 1 heterocycles. The maximum atomic E-state index is 11.1. The Morgan fingerprint density at radius 1 is 1.44 bits per heavy atom. The van der Waals surface area contributed by atoms with Crippen LogP contribution >= 0.6 is 15.9 Å². The Morgan fingerprint density at radius 3 is 2.69 bits per heavy atom. The van der Waals surface area contributed by atoms with Gasteiger partial charge in [-0.1, -0.05) is 0 Å². The normalized spacial score (nSPS) is 10.6. The molecule has 6 heteroatoms. The lowest BCUT2D eigenvalue weighted by Gasteiger charge is -1.95. The largest absolute Gasteiger partial charge is 0.352 e. The van der Waals surface area contributed by atoms with E-state index in [9.17, 15) is 14.9 Å². The minimum atomic E-state index is -0.474. The zero-order chi connectivity index (χ0) is 11.9. The van der Waals surface area contributed by atoms with Crippen LogP contribution in [0.5, 0.6) is 0 Å². The molecule has 2 rings (SSSR count). The van der Waals surface area contributed by atoms with Crippen LogP contribution in [0.15, 0.2) is 22.7 Å². The fraction of sp³-hybridized carbons (Fsp3) is 0.100. The summed E-state index contributed by atoms with van der Waals surface area (Å²) in [5.41, 5.74) is 1.01. The van der Waals surface area contributed by atoms with Gasteiger partial charge in [0.2, 0.25) is 0 Å². The number of hydrogen-bond acceptors (Lipinski definition) is 3. The summed E-state index contributed by atoms with van der Waals surface area (Å²) in [5, 5.41) is 11.5. The highest BCUT2D eigenvalue weighted by atomic mass is 79.9. The molecule has 1 aromatic heterocycles. The van der Waals surface area contributed by atoms with E-state index in [0.29, 0.717) is 15.7 Å². The number of nitrogens with zero attached hydrogens (tertiary/aromatic N) is 1. The molecule has 0 saturated heterocycles. The Bertz CT molecular complexity index is 603. The van der Waals surface area contributed by atoms with Crippen molar-refractivity contribution in [1.82, 2.24) is 4.98 Å². The second kappa shape index (κ2) is 3.71. The first-order valence-electron chi connectivity index (χ1n) is 4.46. The zero-order valence-corrected chi connectivity index (χ0v) is 9.87. The molecule has 2 aromatic rings. The SMILES string of the molecule is CC(=O)c1cc2cc(Br)c([N+](=O)[O-])cc2[nH]1. The predicted molar refractivity (Wildman–Crippen MR) is 62.7 cm³/mol. The van der Waals surface area contributed by atoms with Gasteiger partial charge >= 0.3 is 0 Å². The predicted octanol–water partition coefficient (Wildman–Crippen LogP) is 3.04. The smallest absolute Gasteiger partial charge is 0.285 e. The van der Waals surface area contributed by atoms with Gasteiger partial charge < -0.3 is 4.98 Å². The lowest BCUT2D eigenvalue weighted by Crippen LogP contribution is -1.90. The molecule has 82 valence electrons. The summed E-state index contributed by atoms with van der Waals surface area (Å²) in [6.45, 7) is 1.44. The van der Waals surface area contributed by atoms with E-state index >= 15 is 0 Å². The quantitative estimate of drug-likeness (QED) is 0.523. The number of ketones is 1. The van der Waals surface area contributed by atoms with E-state index in [1.807, 2.05) is 0 Å². The van der Waals surface area contributed by atoms with Gasteiger partial charge in [-0.3, -0.25) is 14.9 Å². The van der Waals surface area contributed by atoms with E-state index in [0.717, 1.165) is 5.39 Å². The summed E-state index contributed by atoms with van der Waals surface area (Å²) in [5.74, 6) is -0.102. The molecule has 0 atom stereocenters. The maximum Gasteiger partial charge on any atom is 0.285 e. The van der Waals surface area contributed by atoms with Crippen molar-refractivity contribution < 1.29 is 9.72 Å². The summed E-state index contributed by atoms with van der Waals surface area (Å²) < 4.78 is 0.402. The Hall–Kier alpha value is -1.69. The van der Waals surface area contributed by atoms with Gasteiger partial charge in [0.05, 0.1) is 20.6 Å². The number of halogens is 1. The van der Waals surface area contributed by atoms with Gasteiger partial charge in [0, 0.05) is 18.4 Å². The number of nitro groups is 1. The number of aromatic amines is 1. The van der Waals surface area contributed by atoms with Crippen molar-refractivity contribution in [3.05, 3.63) is 38.5 Å². The van der Waals surface area contributed by atoms with E-state index in [1.54, 1.807) is 12.1 Å². The fourth-order valence-electron chi connectivity index (χ4n) is 1.47. The number of carbonyl (C=O) groups is 1. The van der Waals surface area contributed by atoms with E-state index in [2.05, 4.69) is 20.9 Å². The highest BCUT2D eigenvalue weighted by Gasteiger charge is 2.15. The number of carbonyl (C=O) groups excluding carboxylic acids is 1. The van der Waals surface area contributed by atoms with Gasteiger partial charge in [0.25, 0.3) is 5.69 Å². The van der Waals surface area contributed by atoms with E-state index in [4.69, 9.17) is 0 Å². The molecule has 0 aliphatic heterocycles. The summed E-state index contributed by atoms with van der Waals surface area (Å²) in [7, 11) is 0. The van der Waals surface area contributed by atoms with E-state index < -0.39 is 4.92 Å². The van der Waals surface area contributed by atoms with Crippen LogP contribution in [0.2, 0.25) is 0 Å². The molecule has 0 saturated carbocycles. The average molecular weight is 283 g/mol. The number of nitrogens with one attached hydrogen (secondary N) is 1. The number of aromatic nitrogens is 1. The van der Waals surface area contributed by atoms with E-state index in [1.165, 1.54) is 13.0 Å². The van der Waals surface area contributed by atoms with Crippen molar-refractivity contribution in [2.45, 2.75) is 6.92 Å². The van der Waals surface area contributed by atoms with Crippen LogP contribution in [-0.2, 0) is 0 Å². The van der Waals surface area contributed by atoms with Crippen molar-refractivity contribution in [3.8, 4) is 0 Å². The fourth-order valence-corrected chi connectivity index (χ4v) is 1.98. The Balaban J connectivity index is 2.70. The molecular weight excluding hydrogens is 276 g/mol. The van der Waals surface area contributed by atoms with Crippen molar-refractivity contribution in [3.63, 3.8) is 0 Å². The van der Waals surface area contributed by atoms with Gasteiger partial charge in [0.15, 0.2) is 5.78 Å². The number of nitro benzene ring substituents is 1. The van der Waals surface area contributed by atoms with Crippen LogP contribution in [0.3, 0.4) is 0 Å². The lowest BCUT2D eigenvalue weighted by molar-refractivity contribution is -0.385. The highest BCUT2D eigenvalue weighted by Crippen LogP contribution is 2.30. The second-order valence-corrected chi connectivity index (χ2v) is 4.24. The first-order chi connectivity index (χ1) is 7.49. The van der Waals surface area contributed by atoms with Crippen LogP contribution in [0, 0.1) is 10.1 Å². The summed E-state index contributed by atoms with van der Waals surface area (Å²) in [6.07, 6.45) is 0. The second-order valence-electron chi connectivity index (χ2n) is 3.39. The molecule has 1 aromatic carbocycles. The number of fused-ring (bicyclic) bond motifs is 1. The molecule has 0 aliphatic rings. The van der Waals surface area contributed by atoms with Gasteiger partial charge in [-0.15, -0.1) is 0 Å². The zero-order valence-electron chi connectivity index (χ0n) is 8.28. The third-order valence-electron chi connectivity index (χ3n) is 2.26. The number of Topliss-reactive ketones (excluding diaryl/α,β-unsaturated/α-hetero) is 1. The van der Waals surface area contributed by atoms with Crippen molar-refractivity contribution >= 4 is 38.3 Å². The summed E-state index contributed by atoms with van der Waals surface area (Å²) in [6, 6.07) is 4.70. The number of H-pyrrole nitrogens is 1.